The van der Waals surface area contributed by atoms with Gasteiger partial charge in [0.25, 0.3) is 0 Å². The molecular formula is C15H14ClFO. The van der Waals surface area contributed by atoms with Crippen molar-refractivity contribution in [2.24, 2.45) is 0 Å². The number of halogens is 2. The summed E-state index contributed by atoms with van der Waals surface area (Å²) in [5, 5.41) is 0.670. The summed E-state index contributed by atoms with van der Waals surface area (Å²) >= 11 is 6.11. The third kappa shape index (κ3) is 3.02. The molecule has 0 aromatic heterocycles. The van der Waals surface area contributed by atoms with Gasteiger partial charge in [-0.15, -0.1) is 0 Å². The Labute approximate surface area is 111 Å². The lowest BCUT2D eigenvalue weighted by Crippen LogP contribution is -1.98. The van der Waals surface area contributed by atoms with E-state index >= 15 is 0 Å². The fraction of sp³-hybridized carbons (Fsp3) is 0.200. The Kier molecular flexibility index (Phi) is 3.87. The van der Waals surface area contributed by atoms with Crippen LogP contribution < -0.4 is 4.74 Å². The van der Waals surface area contributed by atoms with E-state index in [2.05, 4.69) is 0 Å². The molecule has 3 heteroatoms. The van der Waals surface area contributed by atoms with Crippen molar-refractivity contribution >= 4 is 11.6 Å². The van der Waals surface area contributed by atoms with E-state index in [-0.39, 0.29) is 5.82 Å². The fourth-order valence-corrected chi connectivity index (χ4v) is 1.94. The number of hydrogen-bond donors (Lipinski definition) is 0. The van der Waals surface area contributed by atoms with Crippen molar-refractivity contribution in [3.8, 4) is 5.75 Å². The summed E-state index contributed by atoms with van der Waals surface area (Å²) in [5.41, 5.74) is 2.90. The Morgan fingerprint density at radius 2 is 1.89 bits per heavy atom. The Balaban J connectivity index is 2.13. The van der Waals surface area contributed by atoms with Crippen LogP contribution in [-0.2, 0) is 6.61 Å². The molecule has 2 rings (SSSR count). The molecule has 0 aliphatic carbocycles. The molecule has 94 valence electrons. The Morgan fingerprint density at radius 3 is 2.61 bits per heavy atom. The predicted molar refractivity (Wildman–Crippen MR) is 71.7 cm³/mol. The van der Waals surface area contributed by atoms with E-state index in [0.717, 1.165) is 16.7 Å². The summed E-state index contributed by atoms with van der Waals surface area (Å²) in [6.45, 7) is 4.20. The lowest BCUT2D eigenvalue weighted by molar-refractivity contribution is 0.302. The summed E-state index contributed by atoms with van der Waals surface area (Å²) in [7, 11) is 0. The average molecular weight is 265 g/mol. The topological polar surface area (TPSA) is 9.23 Å². The largest absolute Gasteiger partial charge is 0.488 e. The lowest BCUT2D eigenvalue weighted by Gasteiger charge is -2.10. The van der Waals surface area contributed by atoms with Crippen LogP contribution in [0.3, 0.4) is 0 Å². The summed E-state index contributed by atoms with van der Waals surface area (Å²) in [4.78, 5) is 0. The van der Waals surface area contributed by atoms with Crippen molar-refractivity contribution in [1.29, 1.82) is 0 Å². The number of ether oxygens (including phenoxy) is 1. The van der Waals surface area contributed by atoms with Gasteiger partial charge in [0.2, 0.25) is 0 Å². The van der Waals surface area contributed by atoms with Crippen molar-refractivity contribution in [1.82, 2.24) is 0 Å². The molecule has 0 heterocycles. The predicted octanol–water partition coefficient (Wildman–Crippen LogP) is 4.67. The summed E-state index contributed by atoms with van der Waals surface area (Å²) in [5.74, 6) is 0.247. The molecule has 1 nitrogen and oxygen atoms in total. The number of hydrogen-bond acceptors (Lipinski definition) is 1. The van der Waals surface area contributed by atoms with Crippen LogP contribution in [0.5, 0.6) is 5.75 Å². The first kappa shape index (κ1) is 12.9. The first-order chi connectivity index (χ1) is 8.56. The zero-order valence-electron chi connectivity index (χ0n) is 10.3. The molecule has 0 amide bonds. The molecule has 0 atom stereocenters. The minimum absolute atomic E-state index is 0.300. The molecule has 0 unspecified atom stereocenters. The molecule has 0 saturated carbocycles. The molecule has 0 spiro atoms. The van der Waals surface area contributed by atoms with Crippen LogP contribution in [0.4, 0.5) is 4.39 Å². The van der Waals surface area contributed by atoms with E-state index in [1.807, 2.05) is 32.0 Å². The van der Waals surface area contributed by atoms with Crippen molar-refractivity contribution < 1.29 is 9.13 Å². The minimum Gasteiger partial charge on any atom is -0.488 e. The molecule has 0 bridgehead atoms. The van der Waals surface area contributed by atoms with Crippen LogP contribution in [0.25, 0.3) is 0 Å². The van der Waals surface area contributed by atoms with Crippen LogP contribution in [0.15, 0.2) is 36.4 Å². The van der Waals surface area contributed by atoms with Gasteiger partial charge in [0, 0.05) is 16.7 Å². The van der Waals surface area contributed by atoms with Gasteiger partial charge in [-0.25, -0.2) is 4.39 Å². The van der Waals surface area contributed by atoms with Gasteiger partial charge in [-0.2, -0.15) is 0 Å². The first-order valence-corrected chi connectivity index (χ1v) is 6.08. The fourth-order valence-electron chi connectivity index (χ4n) is 1.65. The maximum absolute atomic E-state index is 13.1. The monoisotopic (exact) mass is 264 g/mol. The van der Waals surface area contributed by atoms with E-state index in [1.165, 1.54) is 12.1 Å². The molecule has 0 aliphatic heterocycles. The summed E-state index contributed by atoms with van der Waals surface area (Å²) < 4.78 is 18.7. The second-order valence-electron chi connectivity index (χ2n) is 4.29. The molecule has 2 aromatic rings. The van der Waals surface area contributed by atoms with Crippen LogP contribution in [-0.4, -0.2) is 0 Å². The van der Waals surface area contributed by atoms with Gasteiger partial charge < -0.3 is 4.74 Å². The Hall–Kier alpha value is -1.54. The second-order valence-corrected chi connectivity index (χ2v) is 4.70. The maximum atomic E-state index is 13.1. The minimum atomic E-state index is -0.300. The lowest BCUT2D eigenvalue weighted by atomic mass is 10.1. The van der Waals surface area contributed by atoms with E-state index < -0.39 is 0 Å². The van der Waals surface area contributed by atoms with Gasteiger partial charge in [0.15, 0.2) is 0 Å². The molecular weight excluding hydrogens is 251 g/mol. The quantitative estimate of drug-likeness (QED) is 0.782. The van der Waals surface area contributed by atoms with E-state index in [9.17, 15) is 4.39 Å². The molecule has 2 aromatic carbocycles. The molecule has 0 N–H and O–H groups in total. The second kappa shape index (κ2) is 5.40. The molecule has 0 aliphatic rings. The van der Waals surface area contributed by atoms with E-state index in [4.69, 9.17) is 16.3 Å². The Bertz CT molecular complexity index is 566. The van der Waals surface area contributed by atoms with Crippen molar-refractivity contribution in [2.45, 2.75) is 20.5 Å². The highest BCUT2D eigenvalue weighted by Crippen LogP contribution is 2.23. The summed E-state index contributed by atoms with van der Waals surface area (Å²) in [6, 6.07) is 10.3. The van der Waals surface area contributed by atoms with E-state index in [0.29, 0.717) is 17.4 Å². The van der Waals surface area contributed by atoms with Crippen molar-refractivity contribution in [2.75, 3.05) is 0 Å². The van der Waals surface area contributed by atoms with Crippen LogP contribution >= 0.6 is 11.6 Å². The highest BCUT2D eigenvalue weighted by atomic mass is 35.5. The third-order valence-electron chi connectivity index (χ3n) is 2.74. The number of aryl methyl sites for hydroxylation is 2. The van der Waals surface area contributed by atoms with Crippen molar-refractivity contribution in [3.05, 3.63) is 63.9 Å². The van der Waals surface area contributed by atoms with Gasteiger partial charge in [0.1, 0.15) is 18.2 Å². The molecule has 0 saturated heterocycles. The average Bonchev–Trinajstić information content (AvgIpc) is 2.32. The van der Waals surface area contributed by atoms with Crippen LogP contribution in [0, 0.1) is 19.7 Å². The highest BCUT2D eigenvalue weighted by Gasteiger charge is 2.05. The molecule has 0 radical (unpaired) electrons. The standard InChI is InChI=1S/C15H14ClFO/c1-10-3-5-12(14(16)7-10)9-18-15-8-13(17)6-4-11(15)2/h3-8H,9H2,1-2H3. The van der Waals surface area contributed by atoms with Crippen molar-refractivity contribution in [3.63, 3.8) is 0 Å². The van der Waals surface area contributed by atoms with E-state index in [1.54, 1.807) is 6.07 Å². The SMILES string of the molecule is Cc1ccc(COc2cc(F)ccc2C)c(Cl)c1. The van der Waals surface area contributed by atoms with Gasteiger partial charge in [-0.3, -0.25) is 0 Å². The smallest absolute Gasteiger partial charge is 0.126 e. The van der Waals surface area contributed by atoms with Crippen LogP contribution in [0.2, 0.25) is 5.02 Å². The summed E-state index contributed by atoms with van der Waals surface area (Å²) in [6.07, 6.45) is 0. The van der Waals surface area contributed by atoms with Gasteiger partial charge in [-0.1, -0.05) is 29.8 Å². The zero-order valence-corrected chi connectivity index (χ0v) is 11.1. The number of rotatable bonds is 3. The van der Waals surface area contributed by atoms with Gasteiger partial charge in [0.05, 0.1) is 0 Å². The Morgan fingerprint density at radius 1 is 1.11 bits per heavy atom. The zero-order chi connectivity index (χ0) is 13.1. The normalized spacial score (nSPS) is 10.4. The third-order valence-corrected chi connectivity index (χ3v) is 3.09. The van der Waals surface area contributed by atoms with Crippen LogP contribution in [0.1, 0.15) is 16.7 Å². The number of benzene rings is 2. The van der Waals surface area contributed by atoms with Gasteiger partial charge in [-0.05, 0) is 37.1 Å². The highest BCUT2D eigenvalue weighted by molar-refractivity contribution is 6.31. The molecule has 0 fully saturated rings. The first-order valence-electron chi connectivity index (χ1n) is 5.70. The van der Waals surface area contributed by atoms with Gasteiger partial charge >= 0.3 is 0 Å². The maximum Gasteiger partial charge on any atom is 0.126 e. The molecule has 18 heavy (non-hydrogen) atoms.